The molecule has 4 nitrogen and oxygen atoms in total. The molecule has 2 atom stereocenters. The Balaban J connectivity index is 1.92. The fourth-order valence-corrected chi connectivity index (χ4v) is 6.11. The Morgan fingerprint density at radius 1 is 0.641 bits per heavy atom. The van der Waals surface area contributed by atoms with E-state index in [0.29, 0.717) is 0 Å². The quantitative estimate of drug-likeness (QED) is 0.135. The summed E-state index contributed by atoms with van der Waals surface area (Å²) in [5.41, 5.74) is 4.29. The maximum atomic E-state index is 11.2. The zero-order chi connectivity index (χ0) is 29.5. The maximum absolute atomic E-state index is 11.2. The lowest BCUT2D eigenvalue weighted by molar-refractivity contribution is 0.0135. The molecule has 0 saturated heterocycles. The summed E-state index contributed by atoms with van der Waals surface area (Å²) in [6.07, 6.45) is 18.7. The molecule has 0 amide bonds. The number of hydrogen-bond donors (Lipinski definition) is 3. The summed E-state index contributed by atoms with van der Waals surface area (Å²) in [6.45, 7) is 17.6. The topological polar surface area (TPSA) is 69.9 Å². The highest BCUT2D eigenvalue weighted by Gasteiger charge is 2.29. The van der Waals surface area contributed by atoms with Crippen LogP contribution in [-0.2, 0) is 4.74 Å². The molecule has 0 aromatic carbocycles. The molecule has 0 spiro atoms. The van der Waals surface area contributed by atoms with Crippen LogP contribution in [0, 0.1) is 16.2 Å². The molecule has 224 valence electrons. The van der Waals surface area contributed by atoms with Crippen LogP contribution >= 0.6 is 0 Å². The minimum absolute atomic E-state index is 0.0349. The van der Waals surface area contributed by atoms with Gasteiger partial charge in [-0.2, -0.15) is 0 Å². The van der Waals surface area contributed by atoms with Crippen molar-refractivity contribution in [3.05, 3.63) is 46.6 Å². The van der Waals surface area contributed by atoms with Crippen molar-refractivity contribution < 1.29 is 20.1 Å². The highest BCUT2D eigenvalue weighted by atomic mass is 16.5. The first-order chi connectivity index (χ1) is 18.0. The Labute approximate surface area is 240 Å². The zero-order valence-corrected chi connectivity index (χ0v) is 26.7. The lowest BCUT2D eigenvalue weighted by Gasteiger charge is -2.32. The molecular weight excluding hydrogens is 484 g/mol. The van der Waals surface area contributed by atoms with Gasteiger partial charge in [-0.3, -0.25) is 0 Å². The van der Waals surface area contributed by atoms with Gasteiger partial charge in [-0.25, -0.2) is 0 Å². The number of ether oxygens (including phenoxy) is 1. The second-order valence-electron chi connectivity index (χ2n) is 14.9. The van der Waals surface area contributed by atoms with E-state index < -0.39 is 12.2 Å². The van der Waals surface area contributed by atoms with E-state index in [9.17, 15) is 15.3 Å². The van der Waals surface area contributed by atoms with Gasteiger partial charge in [0, 0.05) is 24.5 Å². The summed E-state index contributed by atoms with van der Waals surface area (Å²) in [4.78, 5) is 0. The van der Waals surface area contributed by atoms with Crippen LogP contribution in [0.3, 0.4) is 0 Å². The summed E-state index contributed by atoms with van der Waals surface area (Å²) in [5, 5.41) is 32.0. The summed E-state index contributed by atoms with van der Waals surface area (Å²) < 4.78 is 5.56. The molecule has 3 N–H and O–H groups in total. The number of hydrogen-bond acceptors (Lipinski definition) is 4. The van der Waals surface area contributed by atoms with Crippen molar-refractivity contribution in [2.75, 3.05) is 13.7 Å². The average molecular weight is 545 g/mol. The molecule has 0 saturated carbocycles. The SMILES string of the molecule is COC(C)(C)CCCCC1=CC(C)(C)C=C(CCCC2=CC(C)(C)C=C(CCCCC(C)(C)CO)C2O)C1O. The third kappa shape index (κ3) is 11.3. The van der Waals surface area contributed by atoms with Gasteiger partial charge in [0.1, 0.15) is 0 Å². The zero-order valence-electron chi connectivity index (χ0n) is 26.7. The van der Waals surface area contributed by atoms with Crippen LogP contribution in [0.5, 0.6) is 0 Å². The Hall–Kier alpha value is -1.20. The number of aliphatic hydroxyl groups is 3. The summed E-state index contributed by atoms with van der Waals surface area (Å²) in [5.74, 6) is 0. The van der Waals surface area contributed by atoms with Crippen molar-refractivity contribution in [2.24, 2.45) is 16.2 Å². The summed E-state index contributed by atoms with van der Waals surface area (Å²) in [7, 11) is 1.77. The van der Waals surface area contributed by atoms with Crippen LogP contribution in [0.1, 0.15) is 126 Å². The maximum Gasteiger partial charge on any atom is 0.0961 e. The molecule has 2 aliphatic rings. The van der Waals surface area contributed by atoms with E-state index in [1.165, 1.54) is 0 Å². The minimum atomic E-state index is -0.502. The number of aliphatic hydroxyl groups excluding tert-OH is 3. The Bertz CT molecular complexity index is 839. The first-order valence-corrected chi connectivity index (χ1v) is 15.4. The van der Waals surface area contributed by atoms with E-state index in [1.807, 2.05) is 0 Å². The monoisotopic (exact) mass is 544 g/mol. The van der Waals surface area contributed by atoms with Crippen LogP contribution in [0.25, 0.3) is 0 Å². The fourth-order valence-electron chi connectivity index (χ4n) is 6.11. The van der Waals surface area contributed by atoms with E-state index in [2.05, 4.69) is 79.7 Å². The van der Waals surface area contributed by atoms with E-state index in [-0.39, 0.29) is 28.5 Å². The molecule has 2 rings (SSSR count). The third-order valence-electron chi connectivity index (χ3n) is 8.61. The van der Waals surface area contributed by atoms with Gasteiger partial charge in [-0.05, 0) is 99.3 Å². The second-order valence-corrected chi connectivity index (χ2v) is 14.9. The minimum Gasteiger partial charge on any atom is -0.396 e. The molecule has 0 heterocycles. The molecule has 0 aromatic rings. The van der Waals surface area contributed by atoms with Gasteiger partial charge in [-0.15, -0.1) is 0 Å². The predicted molar refractivity (Wildman–Crippen MR) is 165 cm³/mol. The molecule has 2 unspecified atom stereocenters. The van der Waals surface area contributed by atoms with E-state index in [0.717, 1.165) is 92.9 Å². The van der Waals surface area contributed by atoms with E-state index >= 15 is 0 Å². The van der Waals surface area contributed by atoms with Crippen LogP contribution in [0.4, 0.5) is 0 Å². The molecule has 0 bridgehead atoms. The van der Waals surface area contributed by atoms with Crippen molar-refractivity contribution in [3.63, 3.8) is 0 Å². The summed E-state index contributed by atoms with van der Waals surface area (Å²) in [6, 6.07) is 0. The standard InChI is InChI=1S/C35H60O4/c1-32(2,25-36)19-12-10-15-26-21-33(3,4)23-28(30(26)37)17-14-18-29-24-34(5,6)22-27(31(29)38)16-11-13-20-35(7,8)39-9/h21-24,30-31,36-38H,10-20,25H2,1-9H3. The predicted octanol–water partition coefficient (Wildman–Crippen LogP) is 8.23. The fraction of sp³-hybridized carbons (Fsp3) is 0.771. The molecule has 4 heteroatoms. The lowest BCUT2D eigenvalue weighted by atomic mass is 9.76. The van der Waals surface area contributed by atoms with Gasteiger partial charge in [0.15, 0.2) is 0 Å². The first-order valence-electron chi connectivity index (χ1n) is 15.4. The van der Waals surface area contributed by atoms with Crippen molar-refractivity contribution in [1.29, 1.82) is 0 Å². The molecule has 0 aromatic heterocycles. The number of methoxy groups -OCH3 is 1. The lowest BCUT2D eigenvalue weighted by Crippen LogP contribution is -2.25. The number of unbranched alkanes of at least 4 members (excludes halogenated alkanes) is 2. The van der Waals surface area contributed by atoms with Gasteiger partial charge in [-0.1, -0.05) is 78.7 Å². The van der Waals surface area contributed by atoms with Crippen molar-refractivity contribution in [3.8, 4) is 0 Å². The van der Waals surface area contributed by atoms with Crippen molar-refractivity contribution in [2.45, 2.75) is 144 Å². The highest BCUT2D eigenvalue weighted by molar-refractivity contribution is 5.36. The Morgan fingerprint density at radius 2 is 1.00 bits per heavy atom. The van der Waals surface area contributed by atoms with E-state index in [1.54, 1.807) is 7.11 Å². The van der Waals surface area contributed by atoms with Crippen molar-refractivity contribution >= 4 is 0 Å². The average Bonchev–Trinajstić information content (AvgIpc) is 2.84. The molecule has 2 aliphatic carbocycles. The summed E-state index contributed by atoms with van der Waals surface area (Å²) >= 11 is 0. The highest BCUT2D eigenvalue weighted by Crippen LogP contribution is 2.39. The first kappa shape index (κ1) is 34.0. The molecule has 39 heavy (non-hydrogen) atoms. The largest absolute Gasteiger partial charge is 0.396 e. The van der Waals surface area contributed by atoms with Gasteiger partial charge < -0.3 is 20.1 Å². The Kier molecular flexibility index (Phi) is 12.3. The van der Waals surface area contributed by atoms with Gasteiger partial charge in [0.25, 0.3) is 0 Å². The number of rotatable bonds is 16. The van der Waals surface area contributed by atoms with Crippen LogP contribution in [-0.4, -0.2) is 46.8 Å². The molecule has 0 aliphatic heterocycles. The molecule has 0 radical (unpaired) electrons. The normalized spacial score (nSPS) is 23.2. The molecule has 0 fully saturated rings. The Morgan fingerprint density at radius 3 is 1.36 bits per heavy atom. The van der Waals surface area contributed by atoms with Gasteiger partial charge in [0.2, 0.25) is 0 Å². The van der Waals surface area contributed by atoms with Gasteiger partial charge in [0.05, 0.1) is 17.8 Å². The van der Waals surface area contributed by atoms with Gasteiger partial charge >= 0.3 is 0 Å². The second kappa shape index (κ2) is 14.1. The van der Waals surface area contributed by atoms with E-state index in [4.69, 9.17) is 4.74 Å². The van der Waals surface area contributed by atoms with Crippen LogP contribution in [0.15, 0.2) is 46.6 Å². The smallest absolute Gasteiger partial charge is 0.0961 e. The van der Waals surface area contributed by atoms with Crippen LogP contribution in [0.2, 0.25) is 0 Å². The molecular formula is C35H60O4. The van der Waals surface area contributed by atoms with Crippen molar-refractivity contribution in [1.82, 2.24) is 0 Å². The third-order valence-corrected chi connectivity index (χ3v) is 8.61. The van der Waals surface area contributed by atoms with Crippen LogP contribution < -0.4 is 0 Å². The number of allylic oxidation sites excluding steroid dienone is 4.